The van der Waals surface area contributed by atoms with E-state index in [1.807, 2.05) is 48.5 Å². The van der Waals surface area contributed by atoms with Crippen molar-refractivity contribution in [3.05, 3.63) is 59.9 Å². The molecule has 1 heterocycles. The van der Waals surface area contributed by atoms with Crippen LogP contribution in [0.4, 0.5) is 0 Å². The van der Waals surface area contributed by atoms with Gasteiger partial charge < -0.3 is 14.2 Å². The molecule has 0 aliphatic heterocycles. The minimum atomic E-state index is 0.0227. The second-order valence-electron chi connectivity index (χ2n) is 6.20. The van der Waals surface area contributed by atoms with Gasteiger partial charge in [0.05, 0.1) is 24.1 Å². The van der Waals surface area contributed by atoms with Crippen molar-refractivity contribution in [1.29, 1.82) is 0 Å². The van der Waals surface area contributed by atoms with E-state index in [1.165, 1.54) is 5.56 Å². The summed E-state index contributed by atoms with van der Waals surface area (Å²) in [5.41, 5.74) is 3.20. The molecule has 1 aromatic heterocycles. The quantitative estimate of drug-likeness (QED) is 0.692. The number of fused-ring (bicyclic) bond motifs is 1. The highest BCUT2D eigenvalue weighted by atomic mass is 16.5. The summed E-state index contributed by atoms with van der Waals surface area (Å²) in [4.78, 5) is 17.9. The molecule has 5 heteroatoms. The van der Waals surface area contributed by atoms with Crippen LogP contribution in [0.15, 0.2) is 48.5 Å². The van der Waals surface area contributed by atoms with Crippen molar-refractivity contribution >= 4 is 16.9 Å². The molecule has 0 fully saturated rings. The smallest absolute Gasteiger partial charge is 0.219 e. The number of rotatable bonds is 6. The summed E-state index contributed by atoms with van der Waals surface area (Å²) in [5.74, 6) is 1.75. The van der Waals surface area contributed by atoms with Crippen LogP contribution in [0.5, 0.6) is 5.75 Å². The number of carbonyl (C=O) groups excluding carboxylic acids is 1. The van der Waals surface area contributed by atoms with E-state index >= 15 is 0 Å². The van der Waals surface area contributed by atoms with Crippen LogP contribution < -0.4 is 4.74 Å². The number of carbonyl (C=O) groups is 1. The van der Waals surface area contributed by atoms with Crippen molar-refractivity contribution in [3.8, 4) is 5.75 Å². The van der Waals surface area contributed by atoms with E-state index in [4.69, 9.17) is 4.74 Å². The molecular weight excluding hydrogens is 314 g/mol. The fourth-order valence-corrected chi connectivity index (χ4v) is 2.71. The maximum absolute atomic E-state index is 11.6. The number of para-hydroxylation sites is 2. The van der Waals surface area contributed by atoms with Gasteiger partial charge >= 0.3 is 0 Å². The van der Waals surface area contributed by atoms with E-state index in [0.717, 1.165) is 22.6 Å². The van der Waals surface area contributed by atoms with Gasteiger partial charge in [0.1, 0.15) is 18.2 Å². The molecule has 0 saturated carbocycles. The number of ether oxygens (including phenoxy) is 1. The predicted molar refractivity (Wildman–Crippen MR) is 98.6 cm³/mol. The van der Waals surface area contributed by atoms with Crippen LogP contribution >= 0.6 is 0 Å². The molecule has 0 atom stereocenters. The van der Waals surface area contributed by atoms with Crippen molar-refractivity contribution in [1.82, 2.24) is 14.5 Å². The summed E-state index contributed by atoms with van der Waals surface area (Å²) in [7, 11) is 1.79. The summed E-state index contributed by atoms with van der Waals surface area (Å²) in [6, 6.07) is 16.0. The largest absolute Gasteiger partial charge is 0.492 e. The standard InChI is InChI=1S/C20H23N3O2/c1-15-8-10-17(11-9-15)25-13-12-23-19-7-5-4-6-18(19)21-20(23)14-22(3)16(2)24/h4-11H,12-14H2,1-3H3. The molecule has 0 spiro atoms. The zero-order valence-corrected chi connectivity index (χ0v) is 14.9. The normalized spacial score (nSPS) is 10.8. The third-order valence-corrected chi connectivity index (χ3v) is 4.25. The number of amides is 1. The molecule has 5 nitrogen and oxygen atoms in total. The van der Waals surface area contributed by atoms with Gasteiger partial charge in [-0.1, -0.05) is 29.8 Å². The lowest BCUT2D eigenvalue weighted by molar-refractivity contribution is -0.128. The molecule has 0 bridgehead atoms. The van der Waals surface area contributed by atoms with E-state index in [2.05, 4.69) is 16.5 Å². The molecule has 0 radical (unpaired) electrons. The Morgan fingerprint density at radius 2 is 1.88 bits per heavy atom. The highest BCUT2D eigenvalue weighted by molar-refractivity contribution is 5.76. The summed E-state index contributed by atoms with van der Waals surface area (Å²) in [5, 5.41) is 0. The molecule has 1 amide bonds. The number of nitrogens with zero attached hydrogens (tertiary/aromatic N) is 3. The third kappa shape index (κ3) is 3.99. The summed E-state index contributed by atoms with van der Waals surface area (Å²) >= 11 is 0. The molecule has 0 aliphatic carbocycles. The van der Waals surface area contributed by atoms with E-state index in [1.54, 1.807) is 18.9 Å². The van der Waals surface area contributed by atoms with Gasteiger partial charge in [0, 0.05) is 14.0 Å². The van der Waals surface area contributed by atoms with Crippen LogP contribution in [0.1, 0.15) is 18.3 Å². The van der Waals surface area contributed by atoms with E-state index in [9.17, 15) is 4.79 Å². The third-order valence-electron chi connectivity index (χ3n) is 4.25. The van der Waals surface area contributed by atoms with Gasteiger partial charge in [0.2, 0.25) is 5.91 Å². The van der Waals surface area contributed by atoms with E-state index in [0.29, 0.717) is 19.7 Å². The first-order valence-electron chi connectivity index (χ1n) is 8.40. The second kappa shape index (κ2) is 7.38. The van der Waals surface area contributed by atoms with E-state index in [-0.39, 0.29) is 5.91 Å². The molecule has 2 aromatic carbocycles. The van der Waals surface area contributed by atoms with Gasteiger partial charge in [-0.3, -0.25) is 4.79 Å². The second-order valence-corrected chi connectivity index (χ2v) is 6.20. The van der Waals surface area contributed by atoms with Crippen LogP contribution in [0.2, 0.25) is 0 Å². The van der Waals surface area contributed by atoms with Crippen molar-refractivity contribution in [2.45, 2.75) is 26.9 Å². The zero-order valence-electron chi connectivity index (χ0n) is 14.9. The maximum atomic E-state index is 11.6. The highest BCUT2D eigenvalue weighted by Gasteiger charge is 2.13. The summed E-state index contributed by atoms with van der Waals surface area (Å²) in [6.07, 6.45) is 0. The van der Waals surface area contributed by atoms with Crippen molar-refractivity contribution in [3.63, 3.8) is 0 Å². The Kier molecular flexibility index (Phi) is 5.03. The molecule has 0 N–H and O–H groups in total. The monoisotopic (exact) mass is 337 g/mol. The average Bonchev–Trinajstić information content (AvgIpc) is 2.94. The Labute approximate surface area is 147 Å². The van der Waals surface area contributed by atoms with Crippen molar-refractivity contribution < 1.29 is 9.53 Å². The van der Waals surface area contributed by atoms with Crippen LogP contribution in [0.25, 0.3) is 11.0 Å². The SMILES string of the molecule is CC(=O)N(C)Cc1nc2ccccc2n1CCOc1ccc(C)cc1. The molecular formula is C20H23N3O2. The number of benzene rings is 2. The first kappa shape index (κ1) is 17.0. The number of imidazole rings is 1. The molecule has 0 unspecified atom stereocenters. The lowest BCUT2D eigenvalue weighted by Crippen LogP contribution is -2.25. The van der Waals surface area contributed by atoms with Crippen molar-refractivity contribution in [2.75, 3.05) is 13.7 Å². The van der Waals surface area contributed by atoms with Crippen LogP contribution in [0.3, 0.4) is 0 Å². The highest BCUT2D eigenvalue weighted by Crippen LogP contribution is 2.18. The molecule has 25 heavy (non-hydrogen) atoms. The minimum Gasteiger partial charge on any atom is -0.492 e. The Balaban J connectivity index is 1.78. The van der Waals surface area contributed by atoms with Gasteiger partial charge in [-0.05, 0) is 31.2 Å². The predicted octanol–water partition coefficient (Wildman–Crippen LogP) is 3.40. The lowest BCUT2D eigenvalue weighted by Gasteiger charge is -2.16. The Bertz CT molecular complexity index is 868. The molecule has 0 aliphatic rings. The Morgan fingerprint density at radius 3 is 2.60 bits per heavy atom. The summed E-state index contributed by atoms with van der Waals surface area (Å²) in [6.45, 7) is 5.32. The Morgan fingerprint density at radius 1 is 1.16 bits per heavy atom. The van der Waals surface area contributed by atoms with Crippen LogP contribution in [0, 0.1) is 6.92 Å². The number of aromatic nitrogens is 2. The lowest BCUT2D eigenvalue weighted by atomic mass is 10.2. The Hall–Kier alpha value is -2.82. The number of hydrogen-bond acceptors (Lipinski definition) is 3. The van der Waals surface area contributed by atoms with Crippen LogP contribution in [-0.2, 0) is 17.9 Å². The minimum absolute atomic E-state index is 0.0227. The number of hydrogen-bond donors (Lipinski definition) is 0. The number of aryl methyl sites for hydroxylation is 1. The van der Waals surface area contributed by atoms with Gasteiger partial charge in [0.15, 0.2) is 0 Å². The molecule has 0 saturated heterocycles. The van der Waals surface area contributed by atoms with Crippen molar-refractivity contribution in [2.24, 2.45) is 0 Å². The first-order chi connectivity index (χ1) is 12.0. The van der Waals surface area contributed by atoms with Gasteiger partial charge in [-0.25, -0.2) is 4.98 Å². The molecule has 130 valence electrons. The average molecular weight is 337 g/mol. The van der Waals surface area contributed by atoms with Crippen LogP contribution in [-0.4, -0.2) is 34.0 Å². The van der Waals surface area contributed by atoms with E-state index < -0.39 is 0 Å². The molecule has 3 rings (SSSR count). The topological polar surface area (TPSA) is 47.4 Å². The van der Waals surface area contributed by atoms with Gasteiger partial charge in [-0.15, -0.1) is 0 Å². The fourth-order valence-electron chi connectivity index (χ4n) is 2.71. The summed E-state index contributed by atoms with van der Waals surface area (Å²) < 4.78 is 7.99. The first-order valence-corrected chi connectivity index (χ1v) is 8.40. The van der Waals surface area contributed by atoms with Gasteiger partial charge in [0.25, 0.3) is 0 Å². The molecule has 3 aromatic rings. The van der Waals surface area contributed by atoms with Gasteiger partial charge in [-0.2, -0.15) is 0 Å². The maximum Gasteiger partial charge on any atom is 0.219 e. The fraction of sp³-hybridized carbons (Fsp3) is 0.300. The zero-order chi connectivity index (χ0) is 17.8.